The Morgan fingerprint density at radius 1 is 1.45 bits per heavy atom. The monoisotopic (exact) mass is 151 g/mol. The highest BCUT2D eigenvalue weighted by molar-refractivity contribution is 5.92. The molecule has 0 aliphatic rings. The first kappa shape index (κ1) is 7.72. The molecule has 0 fully saturated rings. The first-order valence-electron chi connectivity index (χ1n) is 3.30. The van der Waals surface area contributed by atoms with Gasteiger partial charge in [0.15, 0.2) is 5.78 Å². The predicted molar refractivity (Wildman–Crippen MR) is 41.7 cm³/mol. The van der Waals surface area contributed by atoms with Gasteiger partial charge in [-0.05, 0) is 6.07 Å². The quantitative estimate of drug-likeness (QED) is 0.551. The van der Waals surface area contributed by atoms with Crippen LogP contribution in [0.15, 0.2) is 23.0 Å². The maximum atomic E-state index is 11.0. The van der Waals surface area contributed by atoms with E-state index in [1.807, 2.05) is 0 Å². The molecular weight excluding hydrogens is 142 g/mol. The summed E-state index contributed by atoms with van der Waals surface area (Å²) in [6, 6.07) is 4.63. The van der Waals surface area contributed by atoms with Gasteiger partial charge in [0.25, 0.3) is 5.56 Å². The Hall–Kier alpha value is -1.38. The van der Waals surface area contributed by atoms with Crippen LogP contribution in [0.25, 0.3) is 0 Å². The lowest BCUT2D eigenvalue weighted by Gasteiger charge is -2.01. The molecule has 0 aromatic carbocycles. The van der Waals surface area contributed by atoms with Gasteiger partial charge < -0.3 is 4.57 Å². The predicted octanol–water partition coefficient (Wildman–Crippen LogP) is 0.588. The van der Waals surface area contributed by atoms with Crippen LogP contribution in [0.1, 0.15) is 17.4 Å². The Kier molecular flexibility index (Phi) is 1.89. The van der Waals surface area contributed by atoms with E-state index in [2.05, 4.69) is 0 Å². The van der Waals surface area contributed by atoms with Crippen molar-refractivity contribution in [3.8, 4) is 0 Å². The lowest BCUT2D eigenvalue weighted by molar-refractivity contribution is 0.100. The SMILES string of the molecule is CC(=O)c1cccc(=O)n1C. The summed E-state index contributed by atoms with van der Waals surface area (Å²) in [4.78, 5) is 21.8. The van der Waals surface area contributed by atoms with Gasteiger partial charge in [-0.25, -0.2) is 0 Å². The fourth-order valence-corrected chi connectivity index (χ4v) is 0.917. The number of hydrogen-bond donors (Lipinski definition) is 0. The maximum Gasteiger partial charge on any atom is 0.250 e. The summed E-state index contributed by atoms with van der Waals surface area (Å²) in [5, 5.41) is 0. The number of pyridine rings is 1. The molecule has 0 amide bonds. The second-order valence-corrected chi connectivity index (χ2v) is 2.36. The van der Waals surface area contributed by atoms with Crippen molar-refractivity contribution >= 4 is 5.78 Å². The Morgan fingerprint density at radius 2 is 2.09 bits per heavy atom. The smallest absolute Gasteiger partial charge is 0.250 e. The van der Waals surface area contributed by atoms with E-state index in [1.165, 1.54) is 17.6 Å². The van der Waals surface area contributed by atoms with Crippen LogP contribution in [0.3, 0.4) is 0 Å². The molecule has 0 atom stereocenters. The van der Waals surface area contributed by atoms with Crippen molar-refractivity contribution in [1.29, 1.82) is 0 Å². The van der Waals surface area contributed by atoms with Crippen LogP contribution in [-0.2, 0) is 7.05 Å². The maximum absolute atomic E-state index is 11.0. The van der Waals surface area contributed by atoms with Crippen LogP contribution < -0.4 is 5.56 Å². The van der Waals surface area contributed by atoms with Crippen molar-refractivity contribution in [2.45, 2.75) is 6.92 Å². The first-order valence-corrected chi connectivity index (χ1v) is 3.30. The van der Waals surface area contributed by atoms with E-state index in [4.69, 9.17) is 0 Å². The minimum absolute atomic E-state index is 0.0924. The summed E-state index contributed by atoms with van der Waals surface area (Å²) in [6.45, 7) is 1.44. The van der Waals surface area contributed by atoms with E-state index in [0.717, 1.165) is 0 Å². The molecule has 1 aromatic rings. The zero-order valence-electron chi connectivity index (χ0n) is 6.50. The third kappa shape index (κ3) is 1.37. The van der Waals surface area contributed by atoms with Crippen LogP contribution >= 0.6 is 0 Å². The number of hydrogen-bond acceptors (Lipinski definition) is 2. The summed E-state index contributed by atoms with van der Waals surface area (Å²) in [6.07, 6.45) is 0. The molecule has 1 rings (SSSR count). The summed E-state index contributed by atoms with van der Waals surface area (Å²) in [5.41, 5.74) is 0.287. The highest BCUT2D eigenvalue weighted by Crippen LogP contribution is 1.93. The fraction of sp³-hybridized carbons (Fsp3) is 0.250. The third-order valence-electron chi connectivity index (χ3n) is 1.55. The van der Waals surface area contributed by atoms with E-state index in [9.17, 15) is 9.59 Å². The minimum atomic E-state index is -0.155. The highest BCUT2D eigenvalue weighted by Gasteiger charge is 2.01. The number of Topliss-reactive ketones (excluding diaryl/α,β-unsaturated/α-hetero) is 1. The number of carbonyl (C=O) groups excluding carboxylic acids is 1. The molecule has 58 valence electrons. The number of rotatable bonds is 1. The number of nitrogens with zero attached hydrogens (tertiary/aromatic N) is 1. The van der Waals surface area contributed by atoms with Crippen molar-refractivity contribution in [2.24, 2.45) is 7.05 Å². The highest BCUT2D eigenvalue weighted by atomic mass is 16.1. The largest absolute Gasteiger partial charge is 0.309 e. The molecule has 1 aromatic heterocycles. The molecule has 0 spiro atoms. The topological polar surface area (TPSA) is 39.1 Å². The molecule has 0 aliphatic carbocycles. The van der Waals surface area contributed by atoms with Gasteiger partial charge in [0.05, 0.1) is 5.69 Å². The minimum Gasteiger partial charge on any atom is -0.309 e. The number of carbonyl (C=O) groups is 1. The van der Waals surface area contributed by atoms with E-state index in [0.29, 0.717) is 5.69 Å². The molecule has 0 saturated heterocycles. The molecule has 3 heteroatoms. The lowest BCUT2D eigenvalue weighted by atomic mass is 10.2. The summed E-state index contributed by atoms with van der Waals surface area (Å²) in [7, 11) is 1.58. The molecule has 1 heterocycles. The van der Waals surface area contributed by atoms with Crippen molar-refractivity contribution in [3.05, 3.63) is 34.2 Å². The fourth-order valence-electron chi connectivity index (χ4n) is 0.917. The van der Waals surface area contributed by atoms with Crippen molar-refractivity contribution in [2.75, 3.05) is 0 Å². The standard InChI is InChI=1S/C8H9NO2/c1-6(10)7-4-3-5-8(11)9(7)2/h3-5H,1-2H3. The van der Waals surface area contributed by atoms with Gasteiger partial charge in [0.1, 0.15) is 0 Å². The van der Waals surface area contributed by atoms with Crippen molar-refractivity contribution in [3.63, 3.8) is 0 Å². The molecular formula is C8H9NO2. The van der Waals surface area contributed by atoms with Gasteiger partial charge in [0.2, 0.25) is 0 Å². The second-order valence-electron chi connectivity index (χ2n) is 2.36. The third-order valence-corrected chi connectivity index (χ3v) is 1.55. The van der Waals surface area contributed by atoms with E-state index < -0.39 is 0 Å². The van der Waals surface area contributed by atoms with Gasteiger partial charge in [-0.1, -0.05) is 6.07 Å². The number of aromatic nitrogens is 1. The van der Waals surface area contributed by atoms with E-state index in [1.54, 1.807) is 19.2 Å². The van der Waals surface area contributed by atoms with Crippen molar-refractivity contribution in [1.82, 2.24) is 4.57 Å². The van der Waals surface area contributed by atoms with Gasteiger partial charge in [-0.15, -0.1) is 0 Å². The Labute approximate surface area is 64.3 Å². The Bertz CT molecular complexity index is 338. The van der Waals surface area contributed by atoms with Crippen LogP contribution in [0, 0.1) is 0 Å². The first-order chi connectivity index (χ1) is 5.13. The average Bonchev–Trinajstić information content (AvgIpc) is 1.94. The molecule has 0 saturated carbocycles. The van der Waals surface area contributed by atoms with Crippen LogP contribution in [0.2, 0.25) is 0 Å². The van der Waals surface area contributed by atoms with E-state index in [-0.39, 0.29) is 11.3 Å². The van der Waals surface area contributed by atoms with Crippen LogP contribution in [-0.4, -0.2) is 10.4 Å². The molecule has 3 nitrogen and oxygen atoms in total. The summed E-state index contributed by atoms with van der Waals surface area (Å²) < 4.78 is 1.34. The molecule has 0 N–H and O–H groups in total. The molecule has 0 unspecified atom stereocenters. The van der Waals surface area contributed by atoms with Crippen LogP contribution in [0.4, 0.5) is 0 Å². The molecule has 11 heavy (non-hydrogen) atoms. The summed E-state index contributed by atoms with van der Waals surface area (Å²) in [5.74, 6) is -0.0924. The summed E-state index contributed by atoms with van der Waals surface area (Å²) >= 11 is 0. The lowest BCUT2D eigenvalue weighted by Crippen LogP contribution is -2.20. The second kappa shape index (κ2) is 2.70. The van der Waals surface area contributed by atoms with Gasteiger partial charge >= 0.3 is 0 Å². The zero-order valence-corrected chi connectivity index (χ0v) is 6.50. The van der Waals surface area contributed by atoms with E-state index >= 15 is 0 Å². The molecule has 0 radical (unpaired) electrons. The van der Waals surface area contributed by atoms with Crippen molar-refractivity contribution < 1.29 is 4.79 Å². The number of ketones is 1. The Morgan fingerprint density at radius 3 is 2.55 bits per heavy atom. The van der Waals surface area contributed by atoms with Gasteiger partial charge in [0, 0.05) is 20.0 Å². The zero-order chi connectivity index (χ0) is 8.43. The average molecular weight is 151 g/mol. The van der Waals surface area contributed by atoms with Gasteiger partial charge in [-0.3, -0.25) is 9.59 Å². The Balaban J connectivity index is 3.39. The molecule has 0 aliphatic heterocycles. The van der Waals surface area contributed by atoms with Crippen LogP contribution in [0.5, 0.6) is 0 Å². The van der Waals surface area contributed by atoms with Gasteiger partial charge in [-0.2, -0.15) is 0 Å². The normalized spacial score (nSPS) is 9.64. The molecule has 0 bridgehead atoms.